The van der Waals surface area contributed by atoms with Gasteiger partial charge in [-0.15, -0.1) is 24.8 Å². The van der Waals surface area contributed by atoms with Crippen molar-refractivity contribution in [2.24, 2.45) is 0 Å². The fourth-order valence-corrected chi connectivity index (χ4v) is 2.83. The first-order valence-electron chi connectivity index (χ1n) is 6.55. The van der Waals surface area contributed by atoms with Crippen molar-refractivity contribution in [2.45, 2.75) is 30.8 Å². The van der Waals surface area contributed by atoms with E-state index in [1.54, 1.807) is 19.1 Å². The zero-order valence-electron chi connectivity index (χ0n) is 11.8. The molecule has 1 unspecified atom stereocenters. The van der Waals surface area contributed by atoms with Crippen LogP contribution in [0.15, 0.2) is 55.6 Å². The lowest BCUT2D eigenvalue weighted by atomic mass is 9.63. The molecule has 1 N–H and O–H groups in total. The van der Waals surface area contributed by atoms with E-state index in [1.165, 1.54) is 0 Å². The maximum absolute atomic E-state index is 12.5. The molecular weight excluding hydrogens is 272 g/mol. The van der Waals surface area contributed by atoms with Gasteiger partial charge in [0, 0.05) is 0 Å². The van der Waals surface area contributed by atoms with Crippen LogP contribution in [-0.2, 0) is 10.2 Å². The largest absolute Gasteiger partial charge is 0.388 e. The highest BCUT2D eigenvalue weighted by molar-refractivity contribution is 6.29. The van der Waals surface area contributed by atoms with Gasteiger partial charge in [0.15, 0.2) is 5.78 Å². The Hall–Kier alpha value is -1.38. The molecule has 1 rings (SSSR count). The highest BCUT2D eigenvalue weighted by atomic mass is 35.5. The Labute approximate surface area is 125 Å². The third-order valence-corrected chi connectivity index (χ3v) is 4.17. The predicted molar refractivity (Wildman–Crippen MR) is 84.1 cm³/mol. The normalized spacial score (nSPS) is 14.3. The maximum Gasteiger partial charge on any atom is 0.160 e. The van der Waals surface area contributed by atoms with Crippen molar-refractivity contribution in [3.8, 4) is 0 Å². The number of Topliss-reactive ketones (excluding diaryl/α,β-unsaturated/α-hetero) is 1. The van der Waals surface area contributed by atoms with Gasteiger partial charge in [-0.25, -0.2) is 0 Å². The van der Waals surface area contributed by atoms with Gasteiger partial charge in [0.25, 0.3) is 0 Å². The lowest BCUT2D eigenvalue weighted by molar-refractivity contribution is -0.132. The van der Waals surface area contributed by atoms with Gasteiger partial charge in [-0.05, 0) is 25.3 Å². The number of halogens is 1. The molecule has 0 aliphatic carbocycles. The van der Waals surface area contributed by atoms with Crippen molar-refractivity contribution < 1.29 is 9.90 Å². The maximum atomic E-state index is 12.5. The van der Waals surface area contributed by atoms with Crippen LogP contribution < -0.4 is 0 Å². The van der Waals surface area contributed by atoms with Crippen molar-refractivity contribution in [1.29, 1.82) is 0 Å². The second-order valence-electron chi connectivity index (χ2n) is 5.07. The van der Waals surface area contributed by atoms with Gasteiger partial charge >= 0.3 is 0 Å². The summed E-state index contributed by atoms with van der Waals surface area (Å²) in [6.45, 7) is 9.10. The summed E-state index contributed by atoms with van der Waals surface area (Å²) in [5.41, 5.74) is -1.64. The van der Waals surface area contributed by atoms with E-state index in [-0.39, 0.29) is 24.5 Å². The van der Waals surface area contributed by atoms with E-state index in [1.807, 2.05) is 30.3 Å². The number of alkyl halides is 1. The highest BCUT2D eigenvalue weighted by Gasteiger charge is 2.51. The van der Waals surface area contributed by atoms with E-state index >= 15 is 0 Å². The van der Waals surface area contributed by atoms with Gasteiger partial charge in [0.1, 0.15) is 0 Å². The first kappa shape index (κ1) is 16.7. The minimum absolute atomic E-state index is 0.151. The smallest absolute Gasteiger partial charge is 0.160 e. The molecule has 2 nitrogen and oxygen atoms in total. The van der Waals surface area contributed by atoms with Crippen LogP contribution in [0.2, 0.25) is 0 Å². The SMILES string of the molecule is C=CCC(O)(CC=C)C(C)(C(=O)CCl)c1ccccc1. The molecule has 0 spiro atoms. The summed E-state index contributed by atoms with van der Waals surface area (Å²) in [6.07, 6.45) is 3.80. The summed E-state index contributed by atoms with van der Waals surface area (Å²) in [4.78, 5) is 12.5. The summed E-state index contributed by atoms with van der Waals surface area (Å²) >= 11 is 5.78. The van der Waals surface area contributed by atoms with Gasteiger partial charge in [0.05, 0.1) is 16.9 Å². The second-order valence-corrected chi connectivity index (χ2v) is 5.33. The Morgan fingerprint density at radius 3 is 2.15 bits per heavy atom. The van der Waals surface area contributed by atoms with Crippen LogP contribution in [0.3, 0.4) is 0 Å². The number of hydrogen-bond acceptors (Lipinski definition) is 2. The van der Waals surface area contributed by atoms with Crippen LogP contribution in [0, 0.1) is 0 Å². The Bertz CT molecular complexity index is 471. The highest BCUT2D eigenvalue weighted by Crippen LogP contribution is 2.41. The molecular formula is C17H21ClO2. The van der Waals surface area contributed by atoms with E-state index in [4.69, 9.17) is 11.6 Å². The van der Waals surface area contributed by atoms with Gasteiger partial charge in [-0.2, -0.15) is 0 Å². The molecule has 0 aromatic heterocycles. The summed E-state index contributed by atoms with van der Waals surface area (Å²) < 4.78 is 0. The molecule has 0 aliphatic heterocycles. The van der Waals surface area contributed by atoms with E-state index in [9.17, 15) is 9.90 Å². The van der Waals surface area contributed by atoms with Crippen molar-refractivity contribution >= 4 is 17.4 Å². The molecule has 1 atom stereocenters. The molecule has 0 heterocycles. The fraction of sp³-hybridized carbons (Fsp3) is 0.353. The van der Waals surface area contributed by atoms with E-state index < -0.39 is 11.0 Å². The Morgan fingerprint density at radius 1 is 1.25 bits per heavy atom. The molecule has 0 bridgehead atoms. The minimum Gasteiger partial charge on any atom is -0.388 e. The number of carbonyl (C=O) groups is 1. The predicted octanol–water partition coefficient (Wildman–Crippen LogP) is 3.64. The molecule has 0 saturated carbocycles. The average molecular weight is 293 g/mol. The van der Waals surface area contributed by atoms with Crippen molar-refractivity contribution in [3.63, 3.8) is 0 Å². The van der Waals surface area contributed by atoms with Crippen LogP contribution in [0.4, 0.5) is 0 Å². The topological polar surface area (TPSA) is 37.3 Å². The summed E-state index contributed by atoms with van der Waals surface area (Å²) in [6, 6.07) is 9.23. The molecule has 0 fully saturated rings. The van der Waals surface area contributed by atoms with Crippen LogP contribution >= 0.6 is 11.6 Å². The second kappa shape index (κ2) is 6.87. The fourth-order valence-electron chi connectivity index (χ4n) is 2.56. The first-order valence-corrected chi connectivity index (χ1v) is 7.08. The summed E-state index contributed by atoms with van der Waals surface area (Å²) in [5.74, 6) is -0.362. The van der Waals surface area contributed by atoms with Crippen molar-refractivity contribution in [1.82, 2.24) is 0 Å². The van der Waals surface area contributed by atoms with Crippen LogP contribution in [0.5, 0.6) is 0 Å². The van der Waals surface area contributed by atoms with Gasteiger partial charge in [0.2, 0.25) is 0 Å². The standard InChI is InChI=1S/C17H21ClO2/c1-4-11-17(20,12-5-2)16(3,15(19)13-18)14-9-7-6-8-10-14/h4-10,20H,1-2,11-13H2,3H3. The number of carbonyl (C=O) groups excluding carboxylic acids is 1. The number of hydrogen-bond donors (Lipinski definition) is 1. The molecule has 0 aliphatic rings. The Balaban J connectivity index is 3.47. The van der Waals surface area contributed by atoms with Crippen molar-refractivity contribution in [3.05, 3.63) is 61.2 Å². The molecule has 108 valence electrons. The third-order valence-electron chi connectivity index (χ3n) is 3.92. The number of ketones is 1. The molecule has 0 amide bonds. The lowest BCUT2D eigenvalue weighted by Gasteiger charge is -2.43. The lowest BCUT2D eigenvalue weighted by Crippen LogP contribution is -2.55. The average Bonchev–Trinajstić information content (AvgIpc) is 2.46. The monoisotopic (exact) mass is 292 g/mol. The minimum atomic E-state index is -1.29. The Morgan fingerprint density at radius 2 is 1.75 bits per heavy atom. The number of rotatable bonds is 8. The van der Waals surface area contributed by atoms with E-state index in [2.05, 4.69) is 13.2 Å². The molecule has 20 heavy (non-hydrogen) atoms. The van der Waals surface area contributed by atoms with Gasteiger partial charge in [-0.3, -0.25) is 4.79 Å². The molecule has 0 saturated heterocycles. The number of benzene rings is 1. The first-order chi connectivity index (χ1) is 9.46. The van der Waals surface area contributed by atoms with Crippen LogP contribution in [-0.4, -0.2) is 22.4 Å². The van der Waals surface area contributed by atoms with Gasteiger partial charge in [-0.1, -0.05) is 42.5 Å². The summed E-state index contributed by atoms with van der Waals surface area (Å²) in [7, 11) is 0. The number of aliphatic hydroxyl groups is 1. The van der Waals surface area contributed by atoms with Gasteiger partial charge < -0.3 is 5.11 Å². The summed E-state index contributed by atoms with van der Waals surface area (Å²) in [5, 5.41) is 11.1. The molecule has 0 radical (unpaired) electrons. The molecule has 1 aromatic rings. The molecule has 3 heteroatoms. The Kier molecular flexibility index (Phi) is 5.73. The van der Waals surface area contributed by atoms with Crippen LogP contribution in [0.1, 0.15) is 25.3 Å². The zero-order valence-corrected chi connectivity index (χ0v) is 12.6. The van der Waals surface area contributed by atoms with E-state index in [0.717, 1.165) is 5.56 Å². The molecule has 1 aromatic carbocycles. The quantitative estimate of drug-likeness (QED) is 0.587. The van der Waals surface area contributed by atoms with Crippen LogP contribution in [0.25, 0.3) is 0 Å². The van der Waals surface area contributed by atoms with Crippen molar-refractivity contribution in [2.75, 3.05) is 5.88 Å². The third kappa shape index (κ3) is 2.87. The zero-order chi connectivity index (χ0) is 15.2. The van der Waals surface area contributed by atoms with E-state index in [0.29, 0.717) is 0 Å².